The van der Waals surface area contributed by atoms with E-state index in [1.807, 2.05) is 0 Å². The third kappa shape index (κ3) is 62.5. The lowest BCUT2D eigenvalue weighted by Crippen LogP contribution is -2.30. The molecule has 0 rings (SSSR count). The Balaban J connectivity index is 4.17. The summed E-state index contributed by atoms with van der Waals surface area (Å²) in [4.78, 5) is 38.3. The fourth-order valence-electron chi connectivity index (χ4n) is 10.2. The van der Waals surface area contributed by atoms with E-state index in [0.717, 1.165) is 70.6 Å². The van der Waals surface area contributed by atoms with Crippen molar-refractivity contribution in [2.45, 2.75) is 380 Å². The van der Waals surface area contributed by atoms with Gasteiger partial charge in [-0.05, 0) is 77.0 Å². The maximum absolute atomic E-state index is 12.9. The summed E-state index contributed by atoms with van der Waals surface area (Å²) in [5.74, 6) is -0.852. The number of rotatable bonds is 63. The van der Waals surface area contributed by atoms with Crippen LogP contribution in [-0.2, 0) is 28.6 Å². The molecule has 0 amide bonds. The van der Waals surface area contributed by atoms with Gasteiger partial charge in [-0.3, -0.25) is 14.4 Å². The van der Waals surface area contributed by atoms with Crippen molar-refractivity contribution in [3.8, 4) is 0 Å². The number of esters is 3. The number of hydrogen-bond donors (Lipinski definition) is 0. The Morgan fingerprint density at radius 2 is 0.474 bits per heavy atom. The smallest absolute Gasteiger partial charge is 0.306 e. The summed E-state index contributed by atoms with van der Waals surface area (Å²) in [5.41, 5.74) is 0. The molecule has 0 radical (unpaired) electrons. The highest BCUT2D eigenvalue weighted by atomic mass is 16.6. The first-order valence-electron chi connectivity index (χ1n) is 34.0. The molecule has 0 aliphatic rings. The zero-order valence-corrected chi connectivity index (χ0v) is 51.3. The molecule has 1 unspecified atom stereocenters. The van der Waals surface area contributed by atoms with Crippen molar-refractivity contribution in [3.05, 3.63) is 36.5 Å². The highest BCUT2D eigenvalue weighted by molar-refractivity contribution is 5.71. The van der Waals surface area contributed by atoms with Crippen LogP contribution in [-0.4, -0.2) is 37.2 Å². The van der Waals surface area contributed by atoms with E-state index < -0.39 is 6.10 Å². The molecule has 0 bridgehead atoms. The second-order valence-corrected chi connectivity index (χ2v) is 23.1. The maximum atomic E-state index is 12.9. The molecule has 0 aliphatic heterocycles. The van der Waals surface area contributed by atoms with Crippen LogP contribution in [0.5, 0.6) is 0 Å². The molecule has 0 fully saturated rings. The Labute approximate surface area is 474 Å². The highest BCUT2D eigenvalue weighted by Crippen LogP contribution is 2.18. The van der Waals surface area contributed by atoms with Gasteiger partial charge in [0.2, 0.25) is 0 Å². The number of hydrogen-bond acceptors (Lipinski definition) is 6. The van der Waals surface area contributed by atoms with Crippen molar-refractivity contribution in [3.63, 3.8) is 0 Å². The number of ether oxygens (including phenoxy) is 3. The molecule has 0 N–H and O–H groups in total. The van der Waals surface area contributed by atoms with E-state index in [-0.39, 0.29) is 31.1 Å². The summed E-state index contributed by atoms with van der Waals surface area (Å²) in [6.07, 6.45) is 80.2. The largest absolute Gasteiger partial charge is 0.462 e. The van der Waals surface area contributed by atoms with Gasteiger partial charge < -0.3 is 14.2 Å². The van der Waals surface area contributed by atoms with Crippen LogP contribution in [0, 0.1) is 0 Å². The molecule has 76 heavy (non-hydrogen) atoms. The lowest BCUT2D eigenvalue weighted by Gasteiger charge is -2.18. The van der Waals surface area contributed by atoms with E-state index in [4.69, 9.17) is 14.2 Å². The normalized spacial score (nSPS) is 12.2. The van der Waals surface area contributed by atoms with E-state index in [1.165, 1.54) is 263 Å². The van der Waals surface area contributed by atoms with E-state index in [9.17, 15) is 14.4 Å². The van der Waals surface area contributed by atoms with Crippen LogP contribution < -0.4 is 0 Å². The van der Waals surface area contributed by atoms with Gasteiger partial charge in [-0.1, -0.05) is 314 Å². The van der Waals surface area contributed by atoms with Crippen molar-refractivity contribution in [1.82, 2.24) is 0 Å². The Hall–Kier alpha value is -2.37. The van der Waals surface area contributed by atoms with Gasteiger partial charge in [0.15, 0.2) is 6.10 Å². The standard InChI is InChI=1S/C70H130O6/c1-4-7-10-13-16-19-22-25-28-29-30-31-32-33-34-35-36-37-38-39-40-41-43-45-48-51-54-57-60-63-69(72)75-66-67(65-74-68(71)62-59-56-53-50-47-44-27-24-21-18-15-12-9-6-3)76-70(73)64-61-58-55-52-49-46-42-26-23-20-17-14-11-8-5-2/h22,25-26,29-30,42,67H,4-21,23-24,27-28,31-41,43-66H2,1-3H3/b25-22-,30-29-,42-26-. The molecule has 0 aromatic carbocycles. The molecule has 0 heterocycles. The highest BCUT2D eigenvalue weighted by Gasteiger charge is 2.19. The molecule has 446 valence electrons. The van der Waals surface area contributed by atoms with E-state index in [1.54, 1.807) is 0 Å². The zero-order valence-electron chi connectivity index (χ0n) is 51.3. The molecule has 0 saturated heterocycles. The first-order chi connectivity index (χ1) is 37.5. The van der Waals surface area contributed by atoms with Gasteiger partial charge >= 0.3 is 17.9 Å². The van der Waals surface area contributed by atoms with E-state index in [0.29, 0.717) is 19.3 Å². The average molecular weight is 1070 g/mol. The quantitative estimate of drug-likeness (QED) is 0.0261. The van der Waals surface area contributed by atoms with Gasteiger partial charge in [0.25, 0.3) is 0 Å². The second kappa shape index (κ2) is 65.2. The van der Waals surface area contributed by atoms with Crippen molar-refractivity contribution >= 4 is 17.9 Å². The van der Waals surface area contributed by atoms with Crippen molar-refractivity contribution in [2.75, 3.05) is 13.2 Å². The summed E-state index contributed by atoms with van der Waals surface area (Å²) in [6.45, 7) is 6.68. The van der Waals surface area contributed by atoms with Crippen molar-refractivity contribution < 1.29 is 28.6 Å². The fraction of sp³-hybridized carbons (Fsp3) is 0.871. The molecular weight excluding hydrogens is 937 g/mol. The third-order valence-electron chi connectivity index (χ3n) is 15.4. The molecule has 0 aromatic rings. The molecule has 0 saturated carbocycles. The molecule has 6 heteroatoms. The minimum Gasteiger partial charge on any atom is -0.462 e. The SMILES string of the molecule is CCCCCCC/C=C\C/C=C\CCCCCCCCCCCCCCCCCCCC(=O)OCC(COC(=O)CCCCCCCCCCCCCCCC)OC(=O)CCCCCCC/C=C\CCCCCCCC. The molecule has 0 aromatic heterocycles. The monoisotopic (exact) mass is 1070 g/mol. The summed E-state index contributed by atoms with van der Waals surface area (Å²) < 4.78 is 16.9. The predicted molar refractivity (Wildman–Crippen MR) is 330 cm³/mol. The molecule has 6 nitrogen and oxygen atoms in total. The van der Waals surface area contributed by atoms with Crippen molar-refractivity contribution in [1.29, 1.82) is 0 Å². The molecule has 0 spiro atoms. The number of carbonyl (C=O) groups excluding carboxylic acids is 3. The fourth-order valence-corrected chi connectivity index (χ4v) is 10.2. The van der Waals surface area contributed by atoms with Gasteiger partial charge in [0, 0.05) is 19.3 Å². The minimum absolute atomic E-state index is 0.0698. The topological polar surface area (TPSA) is 78.9 Å². The predicted octanol–water partition coefficient (Wildman–Crippen LogP) is 23.2. The first-order valence-corrected chi connectivity index (χ1v) is 34.0. The second-order valence-electron chi connectivity index (χ2n) is 23.1. The minimum atomic E-state index is -0.773. The number of carbonyl (C=O) groups is 3. The molecule has 1 atom stereocenters. The van der Waals surface area contributed by atoms with E-state index >= 15 is 0 Å². The van der Waals surface area contributed by atoms with Gasteiger partial charge in [0.05, 0.1) is 0 Å². The number of allylic oxidation sites excluding steroid dienone is 6. The summed E-state index contributed by atoms with van der Waals surface area (Å²) >= 11 is 0. The Morgan fingerprint density at radius 1 is 0.263 bits per heavy atom. The van der Waals surface area contributed by atoms with Gasteiger partial charge in [-0.2, -0.15) is 0 Å². The number of unbranched alkanes of at least 4 members (excludes halogenated alkanes) is 46. The van der Waals surface area contributed by atoms with Crippen LogP contribution in [0.4, 0.5) is 0 Å². The summed E-state index contributed by atoms with van der Waals surface area (Å²) in [5, 5.41) is 0. The Bertz CT molecular complexity index is 1270. The van der Waals surface area contributed by atoms with Crippen LogP contribution in [0.3, 0.4) is 0 Å². The summed E-state index contributed by atoms with van der Waals surface area (Å²) in [7, 11) is 0. The van der Waals surface area contributed by atoms with Crippen LogP contribution in [0.2, 0.25) is 0 Å². The Morgan fingerprint density at radius 3 is 0.737 bits per heavy atom. The van der Waals surface area contributed by atoms with Crippen LogP contribution in [0.15, 0.2) is 36.5 Å². The average Bonchev–Trinajstić information content (AvgIpc) is 3.42. The first kappa shape index (κ1) is 73.6. The Kier molecular flexibility index (Phi) is 63.1. The summed E-state index contributed by atoms with van der Waals surface area (Å²) in [6, 6.07) is 0. The molecule has 0 aliphatic carbocycles. The van der Waals surface area contributed by atoms with Gasteiger partial charge in [-0.15, -0.1) is 0 Å². The third-order valence-corrected chi connectivity index (χ3v) is 15.4. The van der Waals surface area contributed by atoms with Crippen LogP contribution in [0.25, 0.3) is 0 Å². The van der Waals surface area contributed by atoms with Crippen molar-refractivity contribution in [2.24, 2.45) is 0 Å². The maximum Gasteiger partial charge on any atom is 0.306 e. The van der Waals surface area contributed by atoms with E-state index in [2.05, 4.69) is 57.2 Å². The molecular formula is C70H130O6. The van der Waals surface area contributed by atoms with Gasteiger partial charge in [-0.25, -0.2) is 0 Å². The van der Waals surface area contributed by atoms with Crippen LogP contribution in [0.1, 0.15) is 374 Å². The lowest BCUT2D eigenvalue weighted by atomic mass is 10.0. The lowest BCUT2D eigenvalue weighted by molar-refractivity contribution is -0.167. The zero-order chi connectivity index (χ0) is 55.0. The van der Waals surface area contributed by atoms with Gasteiger partial charge in [0.1, 0.15) is 13.2 Å². The van der Waals surface area contributed by atoms with Crippen LogP contribution >= 0.6 is 0 Å².